The van der Waals surface area contributed by atoms with Crippen molar-refractivity contribution in [3.63, 3.8) is 0 Å². The summed E-state index contributed by atoms with van der Waals surface area (Å²) in [6.07, 6.45) is 2.57. The van der Waals surface area contributed by atoms with Gasteiger partial charge in [0.25, 0.3) is 5.91 Å². The summed E-state index contributed by atoms with van der Waals surface area (Å²) in [5, 5.41) is 1.86. The number of halogens is 1. The van der Waals surface area contributed by atoms with Crippen LogP contribution in [-0.4, -0.2) is 36.5 Å². The molecular weight excluding hydrogens is 318 g/mol. The highest BCUT2D eigenvalue weighted by atomic mass is 79.9. The molecule has 98 valence electrons. The molecule has 0 bridgehead atoms. The van der Waals surface area contributed by atoms with E-state index in [1.807, 2.05) is 11.4 Å². The molecule has 18 heavy (non-hydrogen) atoms. The third-order valence-electron chi connectivity index (χ3n) is 3.05. The highest BCUT2D eigenvalue weighted by molar-refractivity contribution is 9.10. The summed E-state index contributed by atoms with van der Waals surface area (Å²) in [6, 6.07) is 1.40. The average molecular weight is 332 g/mol. The summed E-state index contributed by atoms with van der Waals surface area (Å²) < 4.78 is 5.56. The van der Waals surface area contributed by atoms with Crippen molar-refractivity contribution in [3.8, 4) is 0 Å². The number of hydrogen-bond donors (Lipinski definition) is 0. The molecule has 0 radical (unpaired) electrons. The van der Waals surface area contributed by atoms with Gasteiger partial charge >= 0.3 is 5.97 Å². The molecule has 0 saturated carbocycles. The van der Waals surface area contributed by atoms with Crippen LogP contribution in [0.1, 0.15) is 28.9 Å². The molecule has 0 aromatic carbocycles. The van der Waals surface area contributed by atoms with Gasteiger partial charge in [-0.25, -0.2) is 4.79 Å². The maximum atomic E-state index is 12.4. The lowest BCUT2D eigenvalue weighted by atomic mass is 10.0. The van der Waals surface area contributed by atoms with Gasteiger partial charge in [-0.05, 0) is 46.6 Å². The topological polar surface area (TPSA) is 46.6 Å². The normalized spacial score (nSPS) is 19.7. The summed E-state index contributed by atoms with van der Waals surface area (Å²) in [5.74, 6) is -0.414. The van der Waals surface area contributed by atoms with E-state index < -0.39 is 6.04 Å². The fourth-order valence-corrected chi connectivity index (χ4v) is 3.63. The van der Waals surface area contributed by atoms with Crippen molar-refractivity contribution < 1.29 is 14.3 Å². The minimum Gasteiger partial charge on any atom is -0.467 e. The van der Waals surface area contributed by atoms with Crippen molar-refractivity contribution in [2.24, 2.45) is 0 Å². The third kappa shape index (κ3) is 2.59. The Bertz CT molecular complexity index is 460. The first-order chi connectivity index (χ1) is 8.65. The summed E-state index contributed by atoms with van der Waals surface area (Å²) in [7, 11) is 1.36. The number of likely N-dealkylation sites (tertiary alicyclic amines) is 1. The Labute approximate surface area is 118 Å². The molecular formula is C12H14BrNO3S. The fraction of sp³-hybridized carbons (Fsp3) is 0.500. The predicted molar refractivity (Wildman–Crippen MR) is 72.7 cm³/mol. The number of rotatable bonds is 2. The molecule has 1 fully saturated rings. The first-order valence-corrected chi connectivity index (χ1v) is 7.44. The van der Waals surface area contributed by atoms with Gasteiger partial charge in [0.2, 0.25) is 0 Å². The fourth-order valence-electron chi connectivity index (χ4n) is 2.13. The number of ether oxygens (including phenoxy) is 1. The number of piperidine rings is 1. The second-order valence-electron chi connectivity index (χ2n) is 4.13. The van der Waals surface area contributed by atoms with Gasteiger partial charge in [-0.15, -0.1) is 11.3 Å². The summed E-state index contributed by atoms with van der Waals surface area (Å²) in [5.41, 5.74) is 0. The molecule has 2 heterocycles. The zero-order chi connectivity index (χ0) is 13.1. The molecule has 0 aliphatic carbocycles. The van der Waals surface area contributed by atoms with Crippen LogP contribution in [0.4, 0.5) is 0 Å². The first-order valence-electron chi connectivity index (χ1n) is 5.77. The van der Waals surface area contributed by atoms with Crippen molar-refractivity contribution >= 4 is 39.1 Å². The number of methoxy groups -OCH3 is 1. The van der Waals surface area contributed by atoms with Gasteiger partial charge in [0.15, 0.2) is 0 Å². The SMILES string of the molecule is COC(=O)[C@H]1CCCCN1C(=O)c1sccc1Br. The van der Waals surface area contributed by atoms with Crippen LogP contribution < -0.4 is 0 Å². The number of nitrogens with zero attached hydrogens (tertiary/aromatic N) is 1. The summed E-state index contributed by atoms with van der Waals surface area (Å²) in [4.78, 5) is 26.4. The van der Waals surface area contributed by atoms with E-state index in [0.29, 0.717) is 17.8 Å². The third-order valence-corrected chi connectivity index (χ3v) is 4.87. The Kier molecular flexibility index (Phi) is 4.40. The smallest absolute Gasteiger partial charge is 0.328 e. The Hall–Kier alpha value is -0.880. The predicted octanol–water partition coefficient (Wildman–Crippen LogP) is 2.68. The van der Waals surface area contributed by atoms with Crippen LogP contribution >= 0.6 is 27.3 Å². The molecule has 1 saturated heterocycles. The Morgan fingerprint density at radius 3 is 2.89 bits per heavy atom. The van der Waals surface area contributed by atoms with Crippen LogP contribution in [0.25, 0.3) is 0 Å². The summed E-state index contributed by atoms with van der Waals surface area (Å²) >= 11 is 4.74. The molecule has 1 amide bonds. The quantitative estimate of drug-likeness (QED) is 0.783. The van der Waals surface area contributed by atoms with E-state index in [0.717, 1.165) is 17.3 Å². The van der Waals surface area contributed by atoms with Crippen molar-refractivity contribution in [1.82, 2.24) is 4.90 Å². The minimum atomic E-state index is -0.440. The van der Waals surface area contributed by atoms with Crippen molar-refractivity contribution in [2.45, 2.75) is 25.3 Å². The second-order valence-corrected chi connectivity index (χ2v) is 5.90. The number of amides is 1. The molecule has 2 rings (SSSR count). The van der Waals surface area contributed by atoms with Crippen LogP contribution in [0, 0.1) is 0 Å². The van der Waals surface area contributed by atoms with Crippen LogP contribution in [0.15, 0.2) is 15.9 Å². The molecule has 1 aromatic rings. The van der Waals surface area contributed by atoms with Crippen molar-refractivity contribution in [1.29, 1.82) is 0 Å². The highest BCUT2D eigenvalue weighted by Gasteiger charge is 2.34. The number of carbonyl (C=O) groups excluding carboxylic acids is 2. The van der Waals surface area contributed by atoms with E-state index in [-0.39, 0.29) is 11.9 Å². The Morgan fingerprint density at radius 1 is 1.50 bits per heavy atom. The maximum Gasteiger partial charge on any atom is 0.328 e. The maximum absolute atomic E-state index is 12.4. The standard InChI is InChI=1S/C12H14BrNO3S/c1-17-12(16)9-4-2-3-6-14(9)11(15)10-8(13)5-7-18-10/h5,7,9H,2-4,6H2,1H3/t9-/m1/s1. The molecule has 0 N–H and O–H groups in total. The van der Waals surface area contributed by atoms with Crippen molar-refractivity contribution in [2.75, 3.05) is 13.7 Å². The van der Waals surface area contributed by atoms with E-state index in [1.54, 1.807) is 4.90 Å². The van der Waals surface area contributed by atoms with Gasteiger partial charge in [0.1, 0.15) is 10.9 Å². The zero-order valence-corrected chi connectivity index (χ0v) is 12.4. The molecule has 1 aliphatic heterocycles. The lowest BCUT2D eigenvalue weighted by Crippen LogP contribution is -2.48. The lowest BCUT2D eigenvalue weighted by Gasteiger charge is -2.33. The molecule has 0 spiro atoms. The van der Waals surface area contributed by atoms with Crippen molar-refractivity contribution in [3.05, 3.63) is 20.8 Å². The minimum absolute atomic E-state index is 0.0908. The largest absolute Gasteiger partial charge is 0.467 e. The molecule has 6 heteroatoms. The van der Waals surface area contributed by atoms with E-state index in [9.17, 15) is 9.59 Å². The van der Waals surface area contributed by atoms with E-state index in [2.05, 4.69) is 15.9 Å². The molecule has 0 unspecified atom stereocenters. The highest BCUT2D eigenvalue weighted by Crippen LogP contribution is 2.27. The lowest BCUT2D eigenvalue weighted by molar-refractivity contribution is -0.147. The monoisotopic (exact) mass is 331 g/mol. The van der Waals surface area contributed by atoms with Gasteiger partial charge < -0.3 is 9.64 Å². The number of esters is 1. The molecule has 1 atom stereocenters. The Morgan fingerprint density at radius 2 is 2.28 bits per heavy atom. The number of carbonyl (C=O) groups is 2. The summed E-state index contributed by atoms with van der Waals surface area (Å²) in [6.45, 7) is 0.614. The van der Waals surface area contributed by atoms with Gasteiger partial charge in [0, 0.05) is 11.0 Å². The zero-order valence-electron chi connectivity index (χ0n) is 10.0. The molecule has 4 nitrogen and oxygen atoms in total. The van der Waals surface area contributed by atoms with Crippen LogP contribution in [0.3, 0.4) is 0 Å². The van der Waals surface area contributed by atoms with Crippen LogP contribution in [0.5, 0.6) is 0 Å². The van der Waals surface area contributed by atoms with E-state index >= 15 is 0 Å². The average Bonchev–Trinajstić information content (AvgIpc) is 2.83. The molecule has 1 aliphatic rings. The van der Waals surface area contributed by atoms with Gasteiger partial charge in [-0.1, -0.05) is 0 Å². The number of hydrogen-bond acceptors (Lipinski definition) is 4. The van der Waals surface area contributed by atoms with Crippen LogP contribution in [-0.2, 0) is 9.53 Å². The van der Waals surface area contributed by atoms with E-state index in [1.165, 1.54) is 18.4 Å². The van der Waals surface area contributed by atoms with Gasteiger partial charge in [-0.2, -0.15) is 0 Å². The number of thiophene rings is 1. The van der Waals surface area contributed by atoms with Gasteiger partial charge in [0.05, 0.1) is 7.11 Å². The Balaban J connectivity index is 2.21. The van der Waals surface area contributed by atoms with Gasteiger partial charge in [-0.3, -0.25) is 4.79 Å². The first kappa shape index (κ1) is 13.5. The van der Waals surface area contributed by atoms with Crippen LogP contribution in [0.2, 0.25) is 0 Å². The molecule has 1 aromatic heterocycles. The van der Waals surface area contributed by atoms with E-state index in [4.69, 9.17) is 4.74 Å². The second kappa shape index (κ2) is 5.84.